The van der Waals surface area contributed by atoms with Gasteiger partial charge in [0.15, 0.2) is 0 Å². The van der Waals surface area contributed by atoms with Crippen LogP contribution < -0.4 is 0 Å². The summed E-state index contributed by atoms with van der Waals surface area (Å²) in [6.45, 7) is 11.2. The summed E-state index contributed by atoms with van der Waals surface area (Å²) in [4.78, 5) is 1.27. The van der Waals surface area contributed by atoms with Crippen molar-refractivity contribution in [2.75, 3.05) is 26.8 Å². The lowest BCUT2D eigenvalue weighted by molar-refractivity contribution is -0.280. The fraction of sp³-hybridized carbons (Fsp3) is 0.824. The molecule has 40 heavy (non-hydrogen) atoms. The molecule has 6 rings (SSSR count). The molecular weight excluding hydrogens is 520 g/mol. The largest absolute Gasteiger partial charge is 0.388 e. The average Bonchev–Trinajstić information content (AvgIpc) is 3.70. The first-order valence-electron chi connectivity index (χ1n) is 16.1. The van der Waals surface area contributed by atoms with E-state index in [4.69, 9.17) is 18.9 Å². The van der Waals surface area contributed by atoms with Crippen LogP contribution in [0.15, 0.2) is 35.2 Å². The van der Waals surface area contributed by atoms with Gasteiger partial charge in [-0.05, 0) is 120 Å². The van der Waals surface area contributed by atoms with Gasteiger partial charge in [-0.3, -0.25) is 0 Å². The zero-order valence-corrected chi connectivity index (χ0v) is 26.1. The van der Waals surface area contributed by atoms with Crippen molar-refractivity contribution < 1.29 is 24.1 Å². The van der Waals surface area contributed by atoms with E-state index in [9.17, 15) is 5.11 Å². The van der Waals surface area contributed by atoms with Crippen molar-refractivity contribution in [2.45, 2.75) is 125 Å². The van der Waals surface area contributed by atoms with E-state index >= 15 is 0 Å². The second kappa shape index (κ2) is 11.1. The van der Waals surface area contributed by atoms with Crippen molar-refractivity contribution in [3.63, 3.8) is 0 Å². The molecule has 1 aromatic carbocycles. The van der Waals surface area contributed by atoms with Crippen LogP contribution in [0.1, 0.15) is 98.3 Å². The number of benzene rings is 1. The topological polar surface area (TPSA) is 57.2 Å². The lowest BCUT2D eigenvalue weighted by atomic mass is 9.42. The molecule has 0 aliphatic heterocycles. The zero-order chi connectivity index (χ0) is 28.1. The molecule has 0 heterocycles. The van der Waals surface area contributed by atoms with Crippen molar-refractivity contribution in [3.8, 4) is 0 Å². The summed E-state index contributed by atoms with van der Waals surface area (Å²) in [6.07, 6.45) is 12.3. The van der Waals surface area contributed by atoms with E-state index in [2.05, 4.69) is 44.2 Å². The fourth-order valence-electron chi connectivity index (χ4n) is 10.3. The molecule has 6 heteroatoms. The minimum Gasteiger partial charge on any atom is -0.388 e. The van der Waals surface area contributed by atoms with Gasteiger partial charge in [-0.15, -0.1) is 11.8 Å². The van der Waals surface area contributed by atoms with E-state index in [0.29, 0.717) is 56.1 Å². The van der Waals surface area contributed by atoms with Crippen LogP contribution in [0.2, 0.25) is 0 Å². The van der Waals surface area contributed by atoms with Gasteiger partial charge in [-0.2, -0.15) is 0 Å². The van der Waals surface area contributed by atoms with Gasteiger partial charge in [-0.25, -0.2) is 0 Å². The molecule has 8 atom stereocenters. The summed E-state index contributed by atoms with van der Waals surface area (Å²) >= 11 is 1.93. The third-order valence-electron chi connectivity index (χ3n) is 12.6. The van der Waals surface area contributed by atoms with Crippen LogP contribution in [-0.2, 0) is 18.9 Å². The molecule has 1 aromatic rings. The molecule has 0 saturated heterocycles. The maximum absolute atomic E-state index is 13.0. The standard InChI is InChI=1S/C34H52O5S/c1-5-36-23-38-26-14-16-30(3)25(22-26)12-13-29-28(30)15-17-31(4)33(29,39-24-37-6-2)20-21-34(31,35)32(18-19-32)40-27-10-8-7-9-11-27/h7-11,25-26,28-29,35H,5-6,12-24H2,1-4H3/t25-,26+,28+,29-,30+,31+,33+,34?/m1/s1. The van der Waals surface area contributed by atoms with Crippen LogP contribution in [0, 0.1) is 28.6 Å². The molecule has 5 saturated carbocycles. The average molecular weight is 573 g/mol. The first-order chi connectivity index (χ1) is 19.3. The first-order valence-corrected chi connectivity index (χ1v) is 17.0. The maximum atomic E-state index is 13.0. The number of fused-ring (bicyclic) bond motifs is 5. The SMILES string of the molecule is CCOCO[C@H]1CC[C@@]2(C)[C@H](CC[C@@H]3[C@@H]2CC[C@]2(C)C(O)(C4(Sc5ccccc5)CC4)CC[C@]32OCOCC)C1. The van der Waals surface area contributed by atoms with Gasteiger partial charge in [0.2, 0.25) is 0 Å². The van der Waals surface area contributed by atoms with Gasteiger partial charge in [0.25, 0.3) is 0 Å². The third kappa shape index (κ3) is 4.45. The zero-order valence-electron chi connectivity index (χ0n) is 25.3. The number of thioether (sulfide) groups is 1. The van der Waals surface area contributed by atoms with Gasteiger partial charge in [-0.1, -0.05) is 32.0 Å². The Labute approximate surface area is 246 Å². The molecule has 0 spiro atoms. The Morgan fingerprint density at radius 2 is 1.57 bits per heavy atom. The summed E-state index contributed by atoms with van der Waals surface area (Å²) in [6, 6.07) is 10.7. The van der Waals surface area contributed by atoms with Crippen molar-refractivity contribution in [1.29, 1.82) is 0 Å². The minimum absolute atomic E-state index is 0.121. The van der Waals surface area contributed by atoms with Crippen LogP contribution >= 0.6 is 11.8 Å². The monoisotopic (exact) mass is 572 g/mol. The van der Waals surface area contributed by atoms with Gasteiger partial charge < -0.3 is 24.1 Å². The second-order valence-corrected chi connectivity index (χ2v) is 15.4. The number of aliphatic hydroxyl groups is 1. The molecule has 1 N–H and O–H groups in total. The van der Waals surface area contributed by atoms with Gasteiger partial charge in [0, 0.05) is 23.5 Å². The predicted octanol–water partition coefficient (Wildman–Crippen LogP) is 7.60. The molecule has 5 aliphatic carbocycles. The molecule has 5 aliphatic rings. The molecule has 0 aromatic heterocycles. The van der Waals surface area contributed by atoms with Crippen molar-refractivity contribution >= 4 is 11.8 Å². The van der Waals surface area contributed by atoms with E-state index in [1.54, 1.807) is 0 Å². The number of hydrogen-bond donors (Lipinski definition) is 1. The number of hydrogen-bond acceptors (Lipinski definition) is 6. The molecule has 5 fully saturated rings. The van der Waals surface area contributed by atoms with Gasteiger partial charge >= 0.3 is 0 Å². The third-order valence-corrected chi connectivity index (χ3v) is 14.3. The lowest BCUT2D eigenvalue weighted by Crippen LogP contribution is -2.68. The van der Waals surface area contributed by atoms with E-state index in [1.165, 1.54) is 30.6 Å². The molecule has 5 nitrogen and oxygen atoms in total. The Kier molecular flexibility index (Phi) is 8.20. The maximum Gasteiger partial charge on any atom is 0.147 e. The van der Waals surface area contributed by atoms with Crippen LogP contribution in [-0.4, -0.2) is 54.0 Å². The molecule has 224 valence electrons. The Morgan fingerprint density at radius 1 is 0.825 bits per heavy atom. The highest BCUT2D eigenvalue weighted by molar-refractivity contribution is 8.01. The summed E-state index contributed by atoms with van der Waals surface area (Å²) in [5.41, 5.74) is -1.09. The quantitative estimate of drug-likeness (QED) is 0.218. The van der Waals surface area contributed by atoms with Crippen molar-refractivity contribution in [1.82, 2.24) is 0 Å². The predicted molar refractivity (Wildman–Crippen MR) is 159 cm³/mol. The lowest BCUT2D eigenvalue weighted by Gasteiger charge is -2.66. The van der Waals surface area contributed by atoms with E-state index in [-0.39, 0.29) is 15.8 Å². The number of rotatable bonds is 11. The first kappa shape index (κ1) is 29.4. The van der Waals surface area contributed by atoms with Gasteiger partial charge in [0.05, 0.1) is 22.1 Å². The van der Waals surface area contributed by atoms with Crippen molar-refractivity contribution in [2.24, 2.45) is 28.6 Å². The molecule has 0 radical (unpaired) electrons. The summed E-state index contributed by atoms with van der Waals surface area (Å²) in [5.74, 6) is 1.76. The smallest absolute Gasteiger partial charge is 0.147 e. The van der Waals surface area contributed by atoms with Crippen LogP contribution in [0.5, 0.6) is 0 Å². The molecular formula is C34H52O5S. The Hall–Kier alpha value is -0.630. The second-order valence-electron chi connectivity index (χ2n) is 14.0. The molecule has 0 bridgehead atoms. The van der Waals surface area contributed by atoms with Crippen LogP contribution in [0.3, 0.4) is 0 Å². The van der Waals surface area contributed by atoms with Crippen LogP contribution in [0.25, 0.3) is 0 Å². The van der Waals surface area contributed by atoms with Gasteiger partial charge in [0.1, 0.15) is 13.6 Å². The van der Waals surface area contributed by atoms with E-state index in [1.807, 2.05) is 25.6 Å². The molecule has 1 unspecified atom stereocenters. The highest BCUT2D eigenvalue weighted by Crippen LogP contribution is 2.76. The number of ether oxygens (including phenoxy) is 4. The van der Waals surface area contributed by atoms with Crippen LogP contribution in [0.4, 0.5) is 0 Å². The Bertz CT molecular complexity index is 1020. The summed E-state index contributed by atoms with van der Waals surface area (Å²) in [7, 11) is 0. The highest BCUT2D eigenvalue weighted by atomic mass is 32.2. The summed E-state index contributed by atoms with van der Waals surface area (Å²) in [5, 5.41) is 13.0. The van der Waals surface area contributed by atoms with Crippen molar-refractivity contribution in [3.05, 3.63) is 30.3 Å². The normalized spacial score (nSPS) is 43.5. The molecule has 0 amide bonds. The highest BCUT2D eigenvalue weighted by Gasteiger charge is 2.79. The fourth-order valence-corrected chi connectivity index (χ4v) is 11.8. The minimum atomic E-state index is -0.750. The Balaban J connectivity index is 1.29. The summed E-state index contributed by atoms with van der Waals surface area (Å²) < 4.78 is 24.5. The van der Waals surface area contributed by atoms with E-state index in [0.717, 1.165) is 44.9 Å². The Morgan fingerprint density at radius 3 is 2.30 bits per heavy atom. The van der Waals surface area contributed by atoms with E-state index < -0.39 is 5.60 Å².